The fourth-order valence-electron chi connectivity index (χ4n) is 2.93. The summed E-state index contributed by atoms with van der Waals surface area (Å²) in [4.78, 5) is 38.6. The molecule has 1 fully saturated rings. The predicted molar refractivity (Wildman–Crippen MR) is 122 cm³/mol. The number of carbonyl (C=O) groups is 3. The van der Waals surface area contributed by atoms with E-state index in [9.17, 15) is 14.4 Å². The Morgan fingerprint density at radius 2 is 1.81 bits per heavy atom. The minimum absolute atomic E-state index is 0.189. The molecular weight excluding hydrogens is 488 g/mol. The van der Waals surface area contributed by atoms with Crippen LogP contribution in [-0.4, -0.2) is 31.1 Å². The van der Waals surface area contributed by atoms with E-state index in [1.54, 1.807) is 24.3 Å². The zero-order chi connectivity index (χ0) is 22.5. The fraction of sp³-hybridized carbons (Fsp3) is 0.227. The van der Waals surface area contributed by atoms with Gasteiger partial charge in [0.05, 0.1) is 23.4 Å². The number of nitrogens with zero attached hydrogens (tertiary/aromatic N) is 1. The summed E-state index contributed by atoms with van der Waals surface area (Å²) in [6.45, 7) is 4.76. The summed E-state index contributed by atoms with van der Waals surface area (Å²) in [6.07, 6.45) is 2.23. The van der Waals surface area contributed by atoms with Crippen molar-refractivity contribution in [3.63, 3.8) is 0 Å². The lowest BCUT2D eigenvalue weighted by Gasteiger charge is -2.26. The van der Waals surface area contributed by atoms with E-state index in [-0.39, 0.29) is 5.57 Å². The third kappa shape index (κ3) is 5.08. The number of urea groups is 1. The molecular formula is C22H20BrClN2O5. The molecule has 7 nitrogen and oxygen atoms in total. The second-order valence-electron chi connectivity index (χ2n) is 6.55. The van der Waals surface area contributed by atoms with Gasteiger partial charge in [0.2, 0.25) is 0 Å². The van der Waals surface area contributed by atoms with Gasteiger partial charge < -0.3 is 9.47 Å². The maximum Gasteiger partial charge on any atom is 0.335 e. The van der Waals surface area contributed by atoms with Crippen LogP contribution < -0.4 is 19.7 Å². The summed E-state index contributed by atoms with van der Waals surface area (Å²) in [5.41, 5.74) is 0.638. The highest BCUT2D eigenvalue weighted by Crippen LogP contribution is 2.38. The zero-order valence-corrected chi connectivity index (χ0v) is 19.2. The molecule has 1 saturated heterocycles. The Morgan fingerprint density at radius 1 is 1.10 bits per heavy atom. The average molecular weight is 508 g/mol. The average Bonchev–Trinajstić information content (AvgIpc) is 2.72. The van der Waals surface area contributed by atoms with Gasteiger partial charge in [-0.1, -0.05) is 18.5 Å². The number of rotatable bonds is 7. The van der Waals surface area contributed by atoms with E-state index in [0.29, 0.717) is 45.5 Å². The summed E-state index contributed by atoms with van der Waals surface area (Å²) in [5.74, 6) is -0.494. The number of hydrogen-bond acceptors (Lipinski definition) is 5. The van der Waals surface area contributed by atoms with Crippen molar-refractivity contribution in [3.8, 4) is 11.5 Å². The maximum atomic E-state index is 13.0. The molecule has 0 unspecified atom stereocenters. The number of benzene rings is 2. The van der Waals surface area contributed by atoms with Crippen molar-refractivity contribution in [1.29, 1.82) is 0 Å². The molecule has 162 valence electrons. The van der Waals surface area contributed by atoms with E-state index in [0.717, 1.165) is 11.3 Å². The first kappa shape index (κ1) is 22.8. The zero-order valence-electron chi connectivity index (χ0n) is 16.9. The molecule has 1 heterocycles. The first-order valence-electron chi connectivity index (χ1n) is 9.61. The van der Waals surface area contributed by atoms with Crippen LogP contribution in [0.5, 0.6) is 11.5 Å². The molecule has 4 amide bonds. The predicted octanol–water partition coefficient (Wildman–Crippen LogP) is 4.96. The molecule has 0 radical (unpaired) electrons. The van der Waals surface area contributed by atoms with Crippen molar-refractivity contribution >= 4 is 57.1 Å². The molecule has 3 rings (SSSR count). The number of anilines is 1. The first-order valence-corrected chi connectivity index (χ1v) is 10.8. The highest BCUT2D eigenvalue weighted by atomic mass is 79.9. The van der Waals surface area contributed by atoms with Crippen LogP contribution in [0.2, 0.25) is 5.02 Å². The first-order chi connectivity index (χ1) is 14.8. The molecule has 2 aromatic carbocycles. The van der Waals surface area contributed by atoms with Crippen LogP contribution in [0.25, 0.3) is 6.08 Å². The minimum atomic E-state index is -0.825. The molecule has 1 N–H and O–H groups in total. The largest absolute Gasteiger partial charge is 0.490 e. The summed E-state index contributed by atoms with van der Waals surface area (Å²) >= 11 is 9.35. The van der Waals surface area contributed by atoms with Gasteiger partial charge in [0.1, 0.15) is 5.57 Å². The van der Waals surface area contributed by atoms with Gasteiger partial charge in [0.25, 0.3) is 11.8 Å². The van der Waals surface area contributed by atoms with Crippen molar-refractivity contribution in [2.75, 3.05) is 18.1 Å². The molecule has 1 aliphatic heterocycles. The highest BCUT2D eigenvalue weighted by molar-refractivity contribution is 9.10. The summed E-state index contributed by atoms with van der Waals surface area (Å²) in [5, 5.41) is 2.65. The number of halogens is 2. The lowest BCUT2D eigenvalue weighted by molar-refractivity contribution is -0.122. The molecule has 31 heavy (non-hydrogen) atoms. The molecule has 0 spiro atoms. The Morgan fingerprint density at radius 3 is 2.45 bits per heavy atom. The maximum absolute atomic E-state index is 13.0. The van der Waals surface area contributed by atoms with Crippen LogP contribution in [0.4, 0.5) is 10.5 Å². The highest BCUT2D eigenvalue weighted by Gasteiger charge is 2.36. The number of barbiturate groups is 1. The van der Waals surface area contributed by atoms with Gasteiger partial charge in [-0.05, 0) is 77.3 Å². The molecule has 1 aliphatic rings. The minimum Gasteiger partial charge on any atom is -0.490 e. The fourth-order valence-corrected chi connectivity index (χ4v) is 3.63. The second kappa shape index (κ2) is 9.98. The van der Waals surface area contributed by atoms with Crippen LogP contribution in [0.15, 0.2) is 46.4 Å². The van der Waals surface area contributed by atoms with E-state index < -0.39 is 17.8 Å². The van der Waals surface area contributed by atoms with Crippen molar-refractivity contribution in [2.24, 2.45) is 0 Å². The summed E-state index contributed by atoms with van der Waals surface area (Å²) < 4.78 is 12.0. The van der Waals surface area contributed by atoms with Crippen molar-refractivity contribution in [2.45, 2.75) is 20.3 Å². The number of amides is 4. The number of carbonyl (C=O) groups excluding carboxylic acids is 3. The number of hydrogen-bond donors (Lipinski definition) is 1. The van der Waals surface area contributed by atoms with E-state index >= 15 is 0 Å². The summed E-state index contributed by atoms with van der Waals surface area (Å²) in [6, 6.07) is 8.72. The van der Waals surface area contributed by atoms with Gasteiger partial charge in [0.15, 0.2) is 11.5 Å². The SMILES string of the molecule is CCCOc1c(Br)cc(/C=C2\C(=O)NC(=O)N(c3ccc(Cl)cc3)C2=O)cc1OCC. The smallest absolute Gasteiger partial charge is 0.335 e. The standard InChI is InChI=1S/C22H20BrClN2O5/c1-3-9-31-19-17(23)11-13(12-18(19)30-4-2)10-16-20(27)25-22(29)26(21(16)28)15-7-5-14(24)6-8-15/h5-8,10-12H,3-4,9H2,1-2H3,(H,25,27,29)/b16-10+. The van der Waals surface area contributed by atoms with Crippen LogP contribution in [-0.2, 0) is 9.59 Å². The third-order valence-electron chi connectivity index (χ3n) is 4.28. The van der Waals surface area contributed by atoms with Crippen molar-refractivity contribution in [1.82, 2.24) is 5.32 Å². The van der Waals surface area contributed by atoms with Crippen molar-refractivity contribution in [3.05, 3.63) is 57.0 Å². The van der Waals surface area contributed by atoms with Gasteiger partial charge >= 0.3 is 6.03 Å². The molecule has 0 aliphatic carbocycles. The van der Waals surface area contributed by atoms with E-state index in [1.165, 1.54) is 18.2 Å². The van der Waals surface area contributed by atoms with E-state index in [1.807, 2.05) is 13.8 Å². The number of ether oxygens (including phenoxy) is 2. The van der Waals surface area contributed by atoms with Gasteiger partial charge in [-0.25, -0.2) is 9.69 Å². The second-order valence-corrected chi connectivity index (χ2v) is 7.84. The molecule has 0 saturated carbocycles. The molecule has 0 atom stereocenters. The summed E-state index contributed by atoms with van der Waals surface area (Å²) in [7, 11) is 0. The number of imide groups is 2. The van der Waals surface area contributed by atoms with Crippen LogP contribution >= 0.6 is 27.5 Å². The van der Waals surface area contributed by atoms with E-state index in [2.05, 4.69) is 21.2 Å². The Balaban J connectivity index is 2.00. The lowest BCUT2D eigenvalue weighted by Crippen LogP contribution is -2.54. The van der Waals surface area contributed by atoms with Crippen LogP contribution in [0, 0.1) is 0 Å². The van der Waals surface area contributed by atoms with Gasteiger partial charge in [-0.2, -0.15) is 0 Å². The van der Waals surface area contributed by atoms with Crippen molar-refractivity contribution < 1.29 is 23.9 Å². The Bertz CT molecular complexity index is 1050. The molecule has 2 aromatic rings. The lowest BCUT2D eigenvalue weighted by atomic mass is 10.1. The monoisotopic (exact) mass is 506 g/mol. The van der Waals surface area contributed by atoms with Gasteiger partial charge in [-0.3, -0.25) is 14.9 Å². The Labute approximate surface area is 193 Å². The van der Waals surface area contributed by atoms with Crippen LogP contribution in [0.3, 0.4) is 0 Å². The van der Waals surface area contributed by atoms with Crippen LogP contribution in [0.1, 0.15) is 25.8 Å². The Kier molecular flexibility index (Phi) is 7.35. The third-order valence-corrected chi connectivity index (χ3v) is 5.12. The quantitative estimate of drug-likeness (QED) is 0.423. The topological polar surface area (TPSA) is 84.9 Å². The van der Waals surface area contributed by atoms with Gasteiger partial charge in [0, 0.05) is 5.02 Å². The normalized spacial score (nSPS) is 15.3. The molecule has 0 aromatic heterocycles. The number of nitrogens with one attached hydrogen (secondary N) is 1. The molecule has 9 heteroatoms. The Hall–Kier alpha value is -2.84. The van der Waals surface area contributed by atoms with E-state index in [4.69, 9.17) is 21.1 Å². The van der Waals surface area contributed by atoms with Gasteiger partial charge in [-0.15, -0.1) is 0 Å². The molecule has 0 bridgehead atoms.